The maximum atomic E-state index is 8.82. The first-order valence-corrected chi connectivity index (χ1v) is 6.49. The van der Waals surface area contributed by atoms with Gasteiger partial charge in [-0.25, -0.2) is 0 Å². The highest BCUT2D eigenvalue weighted by atomic mass is 79.9. The smallest absolute Gasteiger partial charge is 0.0731 e. The summed E-state index contributed by atoms with van der Waals surface area (Å²) in [4.78, 5) is 4.32. The summed E-state index contributed by atoms with van der Waals surface area (Å²) in [6, 6.07) is 3.97. The number of pyridine rings is 1. The Kier molecular flexibility index (Phi) is 4.33. The predicted octanol–water partition coefficient (Wildman–Crippen LogP) is 2.21. The van der Waals surface area contributed by atoms with Gasteiger partial charge in [-0.2, -0.15) is 5.10 Å². The Balaban J connectivity index is 2.04. The minimum Gasteiger partial charge on any atom is -0.394 e. The normalized spacial score (nSPS) is 12.4. The van der Waals surface area contributed by atoms with Crippen LogP contribution < -0.4 is 5.32 Å². The zero-order chi connectivity index (χ0) is 13.0. The molecule has 2 aromatic heterocycles. The lowest BCUT2D eigenvalue weighted by Crippen LogP contribution is -2.08. The third-order valence-electron chi connectivity index (χ3n) is 2.53. The highest BCUT2D eigenvalue weighted by molar-refractivity contribution is 9.10. The molecule has 0 aliphatic heterocycles. The van der Waals surface area contributed by atoms with Crippen LogP contribution in [-0.4, -0.2) is 26.5 Å². The first-order valence-electron chi connectivity index (χ1n) is 5.70. The molecule has 2 aromatic rings. The Hall–Kier alpha value is -1.40. The van der Waals surface area contributed by atoms with Crippen LogP contribution >= 0.6 is 15.9 Å². The Morgan fingerprint density at radius 3 is 3.11 bits per heavy atom. The minimum absolute atomic E-state index is 0.0872. The molecule has 0 bridgehead atoms. The van der Waals surface area contributed by atoms with Crippen LogP contribution in [0.2, 0.25) is 0 Å². The Labute approximate surface area is 114 Å². The SMILES string of the molecule is CC(Nc1cnn(CCO)c1)c1cc(Br)ccn1. The maximum absolute atomic E-state index is 8.82. The van der Waals surface area contributed by atoms with Gasteiger partial charge in [0.15, 0.2) is 0 Å². The van der Waals surface area contributed by atoms with Crippen LogP contribution in [0.3, 0.4) is 0 Å². The predicted molar refractivity (Wildman–Crippen MR) is 73.3 cm³/mol. The lowest BCUT2D eigenvalue weighted by Gasteiger charge is -2.13. The molecule has 0 saturated heterocycles. The molecule has 5 nitrogen and oxygen atoms in total. The number of nitrogens with one attached hydrogen (secondary N) is 1. The van der Waals surface area contributed by atoms with Crippen molar-refractivity contribution in [2.24, 2.45) is 0 Å². The van der Waals surface area contributed by atoms with Gasteiger partial charge in [-0.15, -0.1) is 0 Å². The van der Waals surface area contributed by atoms with Crippen LogP contribution in [0.4, 0.5) is 5.69 Å². The molecular formula is C12H15BrN4O. The fourth-order valence-corrected chi connectivity index (χ4v) is 2.00. The molecule has 2 N–H and O–H groups in total. The van der Waals surface area contributed by atoms with Gasteiger partial charge in [-0.3, -0.25) is 9.67 Å². The molecule has 1 unspecified atom stereocenters. The summed E-state index contributed by atoms with van der Waals surface area (Å²) in [5.41, 5.74) is 1.87. The summed E-state index contributed by atoms with van der Waals surface area (Å²) in [7, 11) is 0. The molecule has 6 heteroatoms. The van der Waals surface area contributed by atoms with Crippen molar-refractivity contribution in [3.63, 3.8) is 0 Å². The fourth-order valence-electron chi connectivity index (χ4n) is 1.64. The summed E-state index contributed by atoms with van der Waals surface area (Å²) in [5, 5.41) is 16.3. The van der Waals surface area contributed by atoms with E-state index < -0.39 is 0 Å². The molecular weight excluding hydrogens is 296 g/mol. The van der Waals surface area contributed by atoms with E-state index in [0.717, 1.165) is 15.9 Å². The molecule has 18 heavy (non-hydrogen) atoms. The lowest BCUT2D eigenvalue weighted by atomic mass is 10.2. The number of aliphatic hydroxyl groups is 1. The molecule has 0 aromatic carbocycles. The number of nitrogens with zero attached hydrogens (tertiary/aromatic N) is 3. The molecule has 0 spiro atoms. The highest BCUT2D eigenvalue weighted by Gasteiger charge is 2.08. The van der Waals surface area contributed by atoms with E-state index >= 15 is 0 Å². The number of hydrogen-bond acceptors (Lipinski definition) is 4. The Morgan fingerprint density at radius 1 is 1.56 bits per heavy atom. The van der Waals surface area contributed by atoms with Crippen LogP contribution in [0.1, 0.15) is 18.7 Å². The topological polar surface area (TPSA) is 63.0 Å². The van der Waals surface area contributed by atoms with Crippen molar-refractivity contribution < 1.29 is 5.11 Å². The monoisotopic (exact) mass is 310 g/mol. The lowest BCUT2D eigenvalue weighted by molar-refractivity contribution is 0.269. The van der Waals surface area contributed by atoms with Gasteiger partial charge >= 0.3 is 0 Å². The van der Waals surface area contributed by atoms with Gasteiger partial charge in [-0.05, 0) is 19.1 Å². The largest absolute Gasteiger partial charge is 0.394 e. The van der Waals surface area contributed by atoms with Gasteiger partial charge < -0.3 is 10.4 Å². The van der Waals surface area contributed by atoms with E-state index in [1.807, 2.05) is 25.3 Å². The third-order valence-corrected chi connectivity index (χ3v) is 3.03. The van der Waals surface area contributed by atoms with E-state index in [0.29, 0.717) is 6.54 Å². The van der Waals surface area contributed by atoms with Crippen molar-refractivity contribution in [3.05, 3.63) is 40.9 Å². The van der Waals surface area contributed by atoms with E-state index in [-0.39, 0.29) is 12.6 Å². The highest BCUT2D eigenvalue weighted by Crippen LogP contribution is 2.19. The van der Waals surface area contributed by atoms with Crippen LogP contribution in [0, 0.1) is 0 Å². The van der Waals surface area contributed by atoms with Crippen LogP contribution in [0.15, 0.2) is 35.2 Å². The molecule has 0 fully saturated rings. The summed E-state index contributed by atoms with van der Waals surface area (Å²) in [5.74, 6) is 0. The number of rotatable bonds is 5. The molecule has 0 amide bonds. The summed E-state index contributed by atoms with van der Waals surface area (Å²) in [6.07, 6.45) is 5.38. The van der Waals surface area contributed by atoms with Gasteiger partial charge in [0, 0.05) is 16.9 Å². The third kappa shape index (κ3) is 3.30. The first kappa shape index (κ1) is 13.0. The maximum Gasteiger partial charge on any atom is 0.0731 e. The van der Waals surface area contributed by atoms with Gasteiger partial charge in [0.1, 0.15) is 0 Å². The van der Waals surface area contributed by atoms with Crippen molar-refractivity contribution in [1.29, 1.82) is 0 Å². The van der Waals surface area contributed by atoms with Gasteiger partial charge in [-0.1, -0.05) is 15.9 Å². The van der Waals surface area contributed by atoms with Crippen LogP contribution in [-0.2, 0) is 6.54 Å². The van der Waals surface area contributed by atoms with E-state index in [1.165, 1.54) is 0 Å². The van der Waals surface area contributed by atoms with Crippen molar-refractivity contribution >= 4 is 21.6 Å². The standard InChI is InChI=1S/C12H15BrN4O/c1-9(12-6-10(13)2-3-14-12)16-11-7-15-17(8-11)4-5-18/h2-3,6-9,16,18H,4-5H2,1H3. The average molecular weight is 311 g/mol. The van der Waals surface area contributed by atoms with E-state index in [4.69, 9.17) is 5.11 Å². The second kappa shape index (κ2) is 5.97. The van der Waals surface area contributed by atoms with E-state index in [1.54, 1.807) is 17.1 Å². The number of halogens is 1. The Morgan fingerprint density at radius 2 is 2.39 bits per heavy atom. The summed E-state index contributed by atoms with van der Waals surface area (Å²) >= 11 is 3.43. The Bertz CT molecular complexity index is 514. The van der Waals surface area contributed by atoms with Crippen molar-refractivity contribution in [2.75, 3.05) is 11.9 Å². The second-order valence-electron chi connectivity index (χ2n) is 3.98. The molecule has 0 aliphatic carbocycles. The molecule has 0 aliphatic rings. The van der Waals surface area contributed by atoms with Gasteiger partial charge in [0.25, 0.3) is 0 Å². The van der Waals surface area contributed by atoms with E-state index in [9.17, 15) is 0 Å². The average Bonchev–Trinajstić information content (AvgIpc) is 2.77. The van der Waals surface area contributed by atoms with Crippen molar-refractivity contribution in [1.82, 2.24) is 14.8 Å². The van der Waals surface area contributed by atoms with Crippen molar-refractivity contribution in [3.8, 4) is 0 Å². The zero-order valence-electron chi connectivity index (χ0n) is 10.0. The van der Waals surface area contributed by atoms with Crippen molar-refractivity contribution in [2.45, 2.75) is 19.5 Å². The molecule has 2 heterocycles. The number of anilines is 1. The summed E-state index contributed by atoms with van der Waals surface area (Å²) in [6.45, 7) is 2.63. The molecule has 2 rings (SSSR count). The first-order chi connectivity index (χ1) is 8.69. The minimum atomic E-state index is 0.0872. The number of hydrogen-bond donors (Lipinski definition) is 2. The fraction of sp³-hybridized carbons (Fsp3) is 0.333. The number of aromatic nitrogens is 3. The van der Waals surface area contributed by atoms with Gasteiger partial charge in [0.05, 0.1) is 36.8 Å². The second-order valence-corrected chi connectivity index (χ2v) is 4.90. The van der Waals surface area contributed by atoms with Gasteiger partial charge in [0.2, 0.25) is 0 Å². The van der Waals surface area contributed by atoms with Crippen LogP contribution in [0.25, 0.3) is 0 Å². The van der Waals surface area contributed by atoms with Crippen LogP contribution in [0.5, 0.6) is 0 Å². The quantitative estimate of drug-likeness (QED) is 0.889. The van der Waals surface area contributed by atoms with E-state index in [2.05, 4.69) is 31.3 Å². The zero-order valence-corrected chi connectivity index (χ0v) is 11.6. The summed E-state index contributed by atoms with van der Waals surface area (Å²) < 4.78 is 2.71. The number of aliphatic hydroxyl groups excluding tert-OH is 1. The molecule has 96 valence electrons. The molecule has 1 atom stereocenters. The molecule has 0 saturated carbocycles. The molecule has 0 radical (unpaired) electrons.